The van der Waals surface area contributed by atoms with Crippen molar-refractivity contribution in [2.75, 3.05) is 10.8 Å². The Morgan fingerprint density at radius 3 is 2.11 bits per heavy atom. The van der Waals surface area contributed by atoms with E-state index in [0.29, 0.717) is 0 Å². The number of amides is 2. The van der Waals surface area contributed by atoms with Gasteiger partial charge in [0.25, 0.3) is 15.7 Å². The van der Waals surface area contributed by atoms with E-state index in [9.17, 15) is 28.1 Å². The highest BCUT2D eigenvalue weighted by atomic mass is 32.2. The zero-order chi connectivity index (χ0) is 27.9. The molecule has 0 saturated heterocycles. The fraction of sp³-hybridized carbons (Fsp3) is 0.259. The van der Waals surface area contributed by atoms with Gasteiger partial charge in [-0.2, -0.15) is 0 Å². The third-order valence-electron chi connectivity index (χ3n) is 5.73. The van der Waals surface area contributed by atoms with E-state index in [1.807, 2.05) is 6.07 Å². The van der Waals surface area contributed by atoms with Crippen LogP contribution in [-0.2, 0) is 26.2 Å². The lowest BCUT2D eigenvalue weighted by molar-refractivity contribution is -0.384. The molecule has 200 valence electrons. The molecular weight excluding hydrogens is 508 g/mol. The lowest BCUT2D eigenvalue weighted by Gasteiger charge is -2.32. The summed E-state index contributed by atoms with van der Waals surface area (Å²) in [6.45, 7) is 4.54. The van der Waals surface area contributed by atoms with Crippen LogP contribution in [0.25, 0.3) is 0 Å². The van der Waals surface area contributed by atoms with E-state index in [2.05, 4.69) is 5.32 Å². The van der Waals surface area contributed by atoms with Crippen molar-refractivity contribution in [1.82, 2.24) is 10.2 Å². The highest BCUT2D eigenvalue weighted by Gasteiger charge is 2.33. The molecule has 0 aliphatic heterocycles. The van der Waals surface area contributed by atoms with Gasteiger partial charge in [-0.25, -0.2) is 8.42 Å². The monoisotopic (exact) mass is 538 g/mol. The lowest BCUT2D eigenvalue weighted by atomic mass is 10.1. The second kappa shape index (κ2) is 12.3. The topological polar surface area (TPSA) is 130 Å². The summed E-state index contributed by atoms with van der Waals surface area (Å²) in [6.07, 6.45) is 0. The Hall–Kier alpha value is -4.25. The number of carbonyl (C=O) groups is 2. The molecule has 0 radical (unpaired) electrons. The third kappa shape index (κ3) is 6.94. The number of anilines is 1. The van der Waals surface area contributed by atoms with Gasteiger partial charge in [0.1, 0.15) is 12.6 Å². The van der Waals surface area contributed by atoms with Gasteiger partial charge in [0.2, 0.25) is 11.8 Å². The van der Waals surface area contributed by atoms with Crippen LogP contribution in [0.15, 0.2) is 89.8 Å². The molecule has 2 amide bonds. The zero-order valence-electron chi connectivity index (χ0n) is 21.4. The summed E-state index contributed by atoms with van der Waals surface area (Å²) < 4.78 is 28.2. The van der Waals surface area contributed by atoms with E-state index in [4.69, 9.17) is 0 Å². The molecule has 38 heavy (non-hydrogen) atoms. The molecular formula is C27H30N4O6S. The van der Waals surface area contributed by atoms with Gasteiger partial charge in [-0.05, 0) is 44.5 Å². The highest BCUT2D eigenvalue weighted by molar-refractivity contribution is 7.92. The minimum atomic E-state index is -4.30. The zero-order valence-corrected chi connectivity index (χ0v) is 22.2. The molecule has 10 nitrogen and oxygen atoms in total. The highest BCUT2D eigenvalue weighted by Crippen LogP contribution is 2.27. The fourth-order valence-corrected chi connectivity index (χ4v) is 5.21. The van der Waals surface area contributed by atoms with Crippen molar-refractivity contribution in [1.29, 1.82) is 0 Å². The molecule has 3 aromatic carbocycles. The predicted octanol–water partition coefficient (Wildman–Crippen LogP) is 3.73. The van der Waals surface area contributed by atoms with Crippen LogP contribution in [0.5, 0.6) is 0 Å². The number of benzene rings is 3. The maximum atomic E-state index is 13.8. The summed E-state index contributed by atoms with van der Waals surface area (Å²) in [5.41, 5.74) is 0.377. The summed E-state index contributed by atoms with van der Waals surface area (Å²) >= 11 is 0. The molecule has 3 aromatic rings. The number of hydrogen-bond acceptors (Lipinski definition) is 6. The normalized spacial score (nSPS) is 12.0. The van der Waals surface area contributed by atoms with Gasteiger partial charge < -0.3 is 10.2 Å². The van der Waals surface area contributed by atoms with Gasteiger partial charge in [0.15, 0.2) is 0 Å². The Bertz CT molecular complexity index is 1380. The molecule has 0 fully saturated rings. The standard InChI is InChI=1S/C27H30N4O6S/c1-20(2)28-27(33)21(3)29(18-22-11-6-4-7-12-22)26(32)19-30(23-13-10-14-24(17-23)31(34)35)38(36,37)25-15-8-5-9-16-25/h4-17,20-21H,18-19H2,1-3H3,(H,28,33)/t21-/m0/s1. The Kier molecular flexibility index (Phi) is 9.19. The Balaban J connectivity index is 2.05. The van der Waals surface area contributed by atoms with Crippen LogP contribution in [0.4, 0.5) is 11.4 Å². The number of nitro groups is 1. The quantitative estimate of drug-likeness (QED) is 0.292. The number of sulfonamides is 1. The SMILES string of the molecule is CC(C)NC(=O)[C@H](C)N(Cc1ccccc1)C(=O)CN(c1cccc([N+](=O)[O-])c1)S(=O)(=O)c1ccccc1. The predicted molar refractivity (Wildman–Crippen MR) is 144 cm³/mol. The minimum Gasteiger partial charge on any atom is -0.352 e. The van der Waals surface area contributed by atoms with Gasteiger partial charge in [0, 0.05) is 24.7 Å². The number of nitrogens with one attached hydrogen (secondary N) is 1. The number of nitrogens with zero attached hydrogens (tertiary/aromatic N) is 3. The molecule has 0 saturated carbocycles. The largest absolute Gasteiger partial charge is 0.352 e. The van der Waals surface area contributed by atoms with Crippen LogP contribution >= 0.6 is 0 Å². The molecule has 0 spiro atoms. The summed E-state index contributed by atoms with van der Waals surface area (Å²) in [4.78, 5) is 38.6. The van der Waals surface area contributed by atoms with Gasteiger partial charge in [0.05, 0.1) is 15.5 Å². The smallest absolute Gasteiger partial charge is 0.271 e. The van der Waals surface area contributed by atoms with Crippen molar-refractivity contribution in [2.45, 2.75) is 44.3 Å². The van der Waals surface area contributed by atoms with E-state index < -0.39 is 39.3 Å². The first-order valence-electron chi connectivity index (χ1n) is 12.0. The number of non-ortho nitro benzene ring substituents is 1. The molecule has 1 atom stereocenters. The number of nitro benzene ring substituents is 1. The number of hydrogen-bond donors (Lipinski definition) is 1. The van der Waals surface area contributed by atoms with E-state index in [0.717, 1.165) is 15.9 Å². The molecule has 0 aromatic heterocycles. The van der Waals surface area contributed by atoms with Gasteiger partial charge in [-0.1, -0.05) is 54.6 Å². The summed E-state index contributed by atoms with van der Waals surface area (Å²) in [5.74, 6) is -1.04. The second-order valence-corrected chi connectivity index (χ2v) is 10.8. The Labute approximate surface area is 222 Å². The third-order valence-corrected chi connectivity index (χ3v) is 7.52. The molecule has 0 bridgehead atoms. The van der Waals surface area contributed by atoms with Crippen molar-refractivity contribution in [3.05, 3.63) is 101 Å². The number of rotatable bonds is 11. The maximum Gasteiger partial charge on any atom is 0.271 e. The Morgan fingerprint density at radius 2 is 1.53 bits per heavy atom. The molecule has 0 aliphatic rings. The fourth-order valence-electron chi connectivity index (χ4n) is 3.78. The van der Waals surface area contributed by atoms with Crippen molar-refractivity contribution in [3.63, 3.8) is 0 Å². The molecule has 1 N–H and O–H groups in total. The van der Waals surface area contributed by atoms with Crippen molar-refractivity contribution >= 4 is 33.2 Å². The van der Waals surface area contributed by atoms with Crippen LogP contribution in [0, 0.1) is 10.1 Å². The molecule has 0 aliphatic carbocycles. The van der Waals surface area contributed by atoms with Crippen LogP contribution in [0.2, 0.25) is 0 Å². The summed E-state index contributed by atoms with van der Waals surface area (Å²) in [6, 6.07) is 20.5. The van der Waals surface area contributed by atoms with Gasteiger partial charge in [-0.15, -0.1) is 0 Å². The lowest BCUT2D eigenvalue weighted by Crippen LogP contribution is -2.52. The van der Waals surface area contributed by atoms with Gasteiger partial charge in [-0.3, -0.25) is 24.0 Å². The number of carbonyl (C=O) groups excluding carboxylic acids is 2. The summed E-state index contributed by atoms with van der Waals surface area (Å²) in [5, 5.41) is 14.2. The summed E-state index contributed by atoms with van der Waals surface area (Å²) in [7, 11) is -4.30. The Morgan fingerprint density at radius 1 is 0.921 bits per heavy atom. The van der Waals surface area contributed by atoms with Crippen molar-refractivity contribution < 1.29 is 22.9 Å². The van der Waals surface area contributed by atoms with E-state index >= 15 is 0 Å². The minimum absolute atomic E-state index is 0.0460. The first-order chi connectivity index (χ1) is 18.0. The van der Waals surface area contributed by atoms with Gasteiger partial charge >= 0.3 is 0 Å². The van der Waals surface area contributed by atoms with Crippen molar-refractivity contribution in [3.8, 4) is 0 Å². The average molecular weight is 539 g/mol. The molecule has 0 heterocycles. The van der Waals surface area contributed by atoms with E-state index in [-0.39, 0.29) is 28.9 Å². The van der Waals surface area contributed by atoms with E-state index in [1.165, 1.54) is 35.2 Å². The average Bonchev–Trinajstić information content (AvgIpc) is 2.90. The molecule has 11 heteroatoms. The van der Waals surface area contributed by atoms with Crippen molar-refractivity contribution in [2.24, 2.45) is 0 Å². The first-order valence-corrected chi connectivity index (χ1v) is 13.4. The maximum absolute atomic E-state index is 13.8. The van der Waals surface area contributed by atoms with Crippen LogP contribution in [-0.4, -0.2) is 48.7 Å². The van der Waals surface area contributed by atoms with Crippen LogP contribution in [0.1, 0.15) is 26.3 Å². The van der Waals surface area contributed by atoms with Crippen LogP contribution in [0.3, 0.4) is 0 Å². The second-order valence-electron chi connectivity index (χ2n) is 8.95. The van der Waals surface area contributed by atoms with Crippen LogP contribution < -0.4 is 9.62 Å². The molecule has 0 unspecified atom stereocenters. The molecule has 3 rings (SSSR count). The van der Waals surface area contributed by atoms with E-state index in [1.54, 1.807) is 63.2 Å². The first kappa shape index (κ1) is 28.3.